The molecule has 3 heterocycles. The van der Waals surface area contributed by atoms with Gasteiger partial charge in [0.05, 0.1) is 11.2 Å². The molecule has 0 saturated heterocycles. The molecular weight excluding hydrogens is 432 g/mol. The number of imidazole rings is 1. The van der Waals surface area contributed by atoms with Crippen LogP contribution in [-0.2, 0) is 0 Å². The standard InChI is InChI=1S/C29H32N6/c1-3-6-18(2)24-12-11-19-9-10-20(17-25(19)33-24)26-27-28(30)31-13-14-35(27)29(34-26)21-15-23(16-21)32-22-7-4-5-8-22/h3,6,9-14,17,21-23,32H,1,4-5,7-8,15-16H2,2H3,(H2,30,31)/b18-6+/t21-,23+. The zero-order chi connectivity index (χ0) is 23.9. The van der Waals surface area contributed by atoms with E-state index in [-0.39, 0.29) is 0 Å². The average Bonchev–Trinajstić information content (AvgIpc) is 3.49. The number of rotatable bonds is 6. The van der Waals surface area contributed by atoms with Crippen LogP contribution in [0.1, 0.15) is 62.9 Å². The minimum atomic E-state index is 0.425. The maximum Gasteiger partial charge on any atom is 0.150 e. The van der Waals surface area contributed by atoms with Crippen molar-refractivity contribution in [3.05, 3.63) is 73.0 Å². The molecule has 4 aromatic rings. The number of benzene rings is 1. The molecule has 35 heavy (non-hydrogen) atoms. The average molecular weight is 465 g/mol. The summed E-state index contributed by atoms with van der Waals surface area (Å²) in [4.78, 5) is 14.5. The van der Waals surface area contributed by atoms with Crippen molar-refractivity contribution < 1.29 is 0 Å². The topological polar surface area (TPSA) is 81.1 Å². The van der Waals surface area contributed by atoms with Crippen LogP contribution in [-0.4, -0.2) is 31.4 Å². The molecule has 0 unspecified atom stereocenters. The first-order valence-electron chi connectivity index (χ1n) is 12.7. The molecular formula is C29H32N6. The van der Waals surface area contributed by atoms with Crippen molar-refractivity contribution in [1.29, 1.82) is 0 Å². The van der Waals surface area contributed by atoms with Crippen molar-refractivity contribution in [2.45, 2.75) is 63.5 Å². The predicted molar refractivity (Wildman–Crippen MR) is 143 cm³/mol. The number of nitrogens with two attached hydrogens (primary N) is 1. The lowest BCUT2D eigenvalue weighted by Gasteiger charge is -2.37. The van der Waals surface area contributed by atoms with Crippen LogP contribution < -0.4 is 11.1 Å². The number of pyridine rings is 1. The van der Waals surface area contributed by atoms with Gasteiger partial charge in [-0.1, -0.05) is 49.8 Å². The van der Waals surface area contributed by atoms with Gasteiger partial charge in [0.2, 0.25) is 0 Å². The van der Waals surface area contributed by atoms with Crippen molar-refractivity contribution in [1.82, 2.24) is 24.7 Å². The van der Waals surface area contributed by atoms with E-state index in [4.69, 9.17) is 15.7 Å². The quantitative estimate of drug-likeness (QED) is 0.348. The Labute approximate surface area is 206 Å². The second-order valence-corrected chi connectivity index (χ2v) is 10.1. The number of fused-ring (bicyclic) bond motifs is 2. The molecule has 2 saturated carbocycles. The van der Waals surface area contributed by atoms with Gasteiger partial charge >= 0.3 is 0 Å². The Balaban J connectivity index is 1.36. The van der Waals surface area contributed by atoms with Crippen LogP contribution in [0.3, 0.4) is 0 Å². The van der Waals surface area contributed by atoms with Gasteiger partial charge < -0.3 is 11.1 Å². The molecule has 0 bridgehead atoms. The summed E-state index contributed by atoms with van der Waals surface area (Å²) in [5, 5.41) is 4.96. The van der Waals surface area contributed by atoms with Crippen molar-refractivity contribution >= 4 is 27.8 Å². The fraction of sp³-hybridized carbons (Fsp3) is 0.345. The molecule has 0 aliphatic heterocycles. The zero-order valence-electron chi connectivity index (χ0n) is 20.2. The lowest BCUT2D eigenvalue weighted by atomic mass is 9.79. The summed E-state index contributed by atoms with van der Waals surface area (Å²) in [7, 11) is 0. The van der Waals surface area contributed by atoms with Gasteiger partial charge in [-0.05, 0) is 50.3 Å². The summed E-state index contributed by atoms with van der Waals surface area (Å²) in [5.74, 6) is 2.02. The number of nitrogen functional groups attached to an aromatic ring is 1. The smallest absolute Gasteiger partial charge is 0.150 e. The van der Waals surface area contributed by atoms with Crippen LogP contribution >= 0.6 is 0 Å². The van der Waals surface area contributed by atoms with E-state index in [1.807, 2.05) is 12.3 Å². The fourth-order valence-corrected chi connectivity index (χ4v) is 5.71. The summed E-state index contributed by atoms with van der Waals surface area (Å²) in [5.41, 5.74) is 12.1. The Morgan fingerprint density at radius 1 is 1.11 bits per heavy atom. The minimum Gasteiger partial charge on any atom is -0.382 e. The molecule has 3 N–H and O–H groups in total. The summed E-state index contributed by atoms with van der Waals surface area (Å²) in [6, 6.07) is 11.8. The highest BCUT2D eigenvalue weighted by atomic mass is 15.1. The largest absolute Gasteiger partial charge is 0.382 e. The molecule has 6 rings (SSSR count). The number of anilines is 1. The monoisotopic (exact) mass is 464 g/mol. The molecule has 2 aliphatic carbocycles. The lowest BCUT2D eigenvalue weighted by molar-refractivity contribution is 0.257. The third-order valence-corrected chi connectivity index (χ3v) is 7.68. The molecule has 6 nitrogen and oxygen atoms in total. The Morgan fingerprint density at radius 2 is 1.91 bits per heavy atom. The molecule has 178 valence electrons. The van der Waals surface area contributed by atoms with Crippen molar-refractivity contribution in [3.8, 4) is 11.3 Å². The Kier molecular flexibility index (Phi) is 5.61. The fourth-order valence-electron chi connectivity index (χ4n) is 5.71. The van der Waals surface area contributed by atoms with Gasteiger partial charge in [-0.3, -0.25) is 4.40 Å². The van der Waals surface area contributed by atoms with Crippen LogP contribution in [0, 0.1) is 0 Å². The van der Waals surface area contributed by atoms with Gasteiger partial charge in [-0.2, -0.15) is 0 Å². The highest BCUT2D eigenvalue weighted by molar-refractivity contribution is 5.91. The Hall–Kier alpha value is -3.51. The zero-order valence-corrected chi connectivity index (χ0v) is 20.2. The van der Waals surface area contributed by atoms with Gasteiger partial charge in [0.25, 0.3) is 0 Å². The molecule has 0 amide bonds. The highest BCUT2D eigenvalue weighted by Gasteiger charge is 2.35. The maximum absolute atomic E-state index is 6.40. The first-order valence-corrected chi connectivity index (χ1v) is 12.7. The molecule has 1 aromatic carbocycles. The van der Waals surface area contributed by atoms with Crippen LogP contribution in [0.2, 0.25) is 0 Å². The number of hydrogen-bond donors (Lipinski definition) is 2. The van der Waals surface area contributed by atoms with Gasteiger partial charge in [0, 0.05) is 41.3 Å². The van der Waals surface area contributed by atoms with E-state index in [1.54, 1.807) is 12.3 Å². The molecule has 2 fully saturated rings. The van der Waals surface area contributed by atoms with Crippen molar-refractivity contribution in [2.24, 2.45) is 0 Å². The van der Waals surface area contributed by atoms with Crippen LogP contribution in [0.4, 0.5) is 5.82 Å². The van der Waals surface area contributed by atoms with Gasteiger partial charge in [-0.25, -0.2) is 15.0 Å². The summed E-state index contributed by atoms with van der Waals surface area (Å²) in [6.07, 6.45) is 15.1. The molecule has 3 aromatic heterocycles. The van der Waals surface area contributed by atoms with Crippen molar-refractivity contribution in [3.63, 3.8) is 0 Å². The van der Waals surface area contributed by atoms with E-state index in [2.05, 4.69) is 58.5 Å². The highest BCUT2D eigenvalue weighted by Crippen LogP contribution is 2.40. The van der Waals surface area contributed by atoms with Crippen LogP contribution in [0.15, 0.2) is 61.5 Å². The number of hydrogen-bond acceptors (Lipinski definition) is 5. The third kappa shape index (κ3) is 4.02. The molecule has 2 aliphatic rings. The number of nitrogens with one attached hydrogen (secondary N) is 1. The number of aromatic nitrogens is 4. The second-order valence-electron chi connectivity index (χ2n) is 10.1. The van der Waals surface area contributed by atoms with Crippen LogP contribution in [0.5, 0.6) is 0 Å². The molecule has 6 heteroatoms. The summed E-state index contributed by atoms with van der Waals surface area (Å²) in [6.45, 7) is 5.85. The first kappa shape index (κ1) is 22.0. The lowest BCUT2D eigenvalue weighted by Crippen LogP contribution is -2.45. The van der Waals surface area contributed by atoms with Gasteiger partial charge in [0.1, 0.15) is 22.9 Å². The van der Waals surface area contributed by atoms with Gasteiger partial charge in [-0.15, -0.1) is 0 Å². The molecule has 0 atom stereocenters. The van der Waals surface area contributed by atoms with E-state index in [1.165, 1.54) is 25.7 Å². The van der Waals surface area contributed by atoms with Gasteiger partial charge in [0.15, 0.2) is 0 Å². The van der Waals surface area contributed by atoms with Crippen molar-refractivity contribution in [2.75, 3.05) is 5.73 Å². The summed E-state index contributed by atoms with van der Waals surface area (Å²) >= 11 is 0. The molecule has 0 radical (unpaired) electrons. The van der Waals surface area contributed by atoms with E-state index in [0.29, 0.717) is 23.8 Å². The summed E-state index contributed by atoms with van der Waals surface area (Å²) < 4.78 is 2.15. The second kappa shape index (κ2) is 8.93. The van der Waals surface area contributed by atoms with E-state index >= 15 is 0 Å². The Bertz CT molecular complexity index is 1440. The van der Waals surface area contributed by atoms with E-state index in [9.17, 15) is 0 Å². The first-order chi connectivity index (χ1) is 17.1. The number of allylic oxidation sites excluding steroid dienone is 3. The van der Waals surface area contributed by atoms with Crippen LogP contribution in [0.25, 0.3) is 33.3 Å². The Morgan fingerprint density at radius 3 is 2.71 bits per heavy atom. The normalized spacial score (nSPS) is 21.0. The van der Waals surface area contributed by atoms with E-state index in [0.717, 1.165) is 57.6 Å². The predicted octanol–water partition coefficient (Wildman–Crippen LogP) is 5.89. The SMILES string of the molecule is C=C/C=C(\C)c1ccc2ccc(-c3nc([C@H]4C[C@@H](NC5CCCC5)C4)n4ccnc(N)c34)cc2n1. The number of nitrogens with zero attached hydrogens (tertiary/aromatic N) is 4. The minimum absolute atomic E-state index is 0.425. The molecule has 0 spiro atoms. The van der Waals surface area contributed by atoms with E-state index < -0.39 is 0 Å². The maximum atomic E-state index is 6.40. The third-order valence-electron chi connectivity index (χ3n) is 7.68.